The smallest absolute Gasteiger partial charge is 0.287 e. The number of anilines is 1. The van der Waals surface area contributed by atoms with Gasteiger partial charge in [0.2, 0.25) is 0 Å². The number of hydrogen-bond donors (Lipinski definition) is 2. The fourth-order valence-electron chi connectivity index (χ4n) is 1.69. The van der Waals surface area contributed by atoms with Crippen LogP contribution in [0.25, 0.3) is 11.1 Å². The van der Waals surface area contributed by atoms with Crippen LogP contribution in [-0.2, 0) is 5.92 Å². The molecule has 0 fully saturated rings. The molecule has 3 N–H and O–H groups in total. The first-order chi connectivity index (χ1) is 7.89. The fourth-order valence-corrected chi connectivity index (χ4v) is 1.69. The average Bonchev–Trinajstić information content (AvgIpc) is 2.61. The van der Waals surface area contributed by atoms with Gasteiger partial charge in [-0.15, -0.1) is 0 Å². The van der Waals surface area contributed by atoms with Gasteiger partial charge in [0.15, 0.2) is 5.82 Å². The van der Waals surface area contributed by atoms with Crippen molar-refractivity contribution in [2.24, 2.45) is 0 Å². The molecule has 90 valence electrons. The summed E-state index contributed by atoms with van der Waals surface area (Å²) in [5.41, 5.74) is 7.35. The quantitative estimate of drug-likeness (QED) is 0.843. The number of rotatable bonds is 2. The summed E-state index contributed by atoms with van der Waals surface area (Å²) in [5.74, 6) is -2.91. The molecule has 0 spiro atoms. The van der Waals surface area contributed by atoms with Gasteiger partial charge in [0, 0.05) is 6.92 Å². The molecule has 0 amide bonds. The van der Waals surface area contributed by atoms with Crippen LogP contribution in [0, 0.1) is 6.92 Å². The number of H-pyrrole nitrogens is 1. The van der Waals surface area contributed by atoms with Crippen molar-refractivity contribution in [2.75, 3.05) is 5.73 Å². The third kappa shape index (κ3) is 2.13. The summed E-state index contributed by atoms with van der Waals surface area (Å²) in [7, 11) is 0. The standard InChI is InChI=1S/C12H13F2N3/c1-7-3-5-8(6-4-7)9-10(12(2,13)14)16-17-11(9)15/h3-6H,1-2H3,(H3,15,16,17). The maximum atomic E-state index is 13.4. The topological polar surface area (TPSA) is 54.7 Å². The highest BCUT2D eigenvalue weighted by molar-refractivity contribution is 5.76. The van der Waals surface area contributed by atoms with Crippen molar-refractivity contribution in [1.82, 2.24) is 10.2 Å². The number of nitrogens with one attached hydrogen (secondary N) is 1. The van der Waals surface area contributed by atoms with Gasteiger partial charge in [-0.3, -0.25) is 5.10 Å². The number of nitrogens with zero attached hydrogens (tertiary/aromatic N) is 1. The van der Waals surface area contributed by atoms with Crippen LogP contribution in [0.4, 0.5) is 14.6 Å². The lowest BCUT2D eigenvalue weighted by Crippen LogP contribution is -2.09. The third-order valence-electron chi connectivity index (χ3n) is 2.57. The summed E-state index contributed by atoms with van der Waals surface area (Å²) >= 11 is 0. The first-order valence-corrected chi connectivity index (χ1v) is 5.19. The van der Waals surface area contributed by atoms with Crippen LogP contribution in [0.15, 0.2) is 24.3 Å². The largest absolute Gasteiger partial charge is 0.382 e. The van der Waals surface area contributed by atoms with Gasteiger partial charge in [-0.05, 0) is 12.5 Å². The Hall–Kier alpha value is -1.91. The zero-order valence-corrected chi connectivity index (χ0v) is 9.59. The van der Waals surface area contributed by atoms with Gasteiger partial charge in [-0.2, -0.15) is 13.9 Å². The third-order valence-corrected chi connectivity index (χ3v) is 2.57. The summed E-state index contributed by atoms with van der Waals surface area (Å²) in [5, 5.41) is 5.96. The molecule has 0 saturated heterocycles. The molecule has 0 bridgehead atoms. The van der Waals surface area contributed by atoms with E-state index in [9.17, 15) is 8.78 Å². The highest BCUT2D eigenvalue weighted by Gasteiger charge is 2.31. The summed E-state index contributed by atoms with van der Waals surface area (Å²) in [4.78, 5) is 0. The molecule has 0 aliphatic carbocycles. The van der Waals surface area contributed by atoms with Crippen molar-refractivity contribution in [1.29, 1.82) is 0 Å². The summed E-state index contributed by atoms with van der Waals surface area (Å²) in [6, 6.07) is 7.20. The van der Waals surface area contributed by atoms with Crippen molar-refractivity contribution < 1.29 is 8.78 Å². The Balaban J connectivity index is 2.59. The molecular formula is C12H13F2N3. The molecule has 0 atom stereocenters. The zero-order chi connectivity index (χ0) is 12.6. The van der Waals surface area contributed by atoms with Gasteiger partial charge < -0.3 is 5.73 Å². The molecule has 1 aromatic carbocycles. The highest BCUT2D eigenvalue weighted by atomic mass is 19.3. The number of nitrogen functional groups attached to an aromatic ring is 1. The van der Waals surface area contributed by atoms with Gasteiger partial charge >= 0.3 is 0 Å². The van der Waals surface area contributed by atoms with Crippen molar-refractivity contribution >= 4 is 5.82 Å². The summed E-state index contributed by atoms with van der Waals surface area (Å²) < 4.78 is 26.7. The second-order valence-electron chi connectivity index (χ2n) is 4.11. The van der Waals surface area contributed by atoms with Gasteiger partial charge in [0.05, 0.1) is 5.56 Å². The molecule has 1 heterocycles. The van der Waals surface area contributed by atoms with E-state index in [-0.39, 0.29) is 17.1 Å². The second-order valence-corrected chi connectivity index (χ2v) is 4.11. The molecule has 0 unspecified atom stereocenters. The number of halogens is 2. The first-order valence-electron chi connectivity index (χ1n) is 5.19. The van der Waals surface area contributed by atoms with E-state index in [0.29, 0.717) is 5.56 Å². The molecule has 17 heavy (non-hydrogen) atoms. The van der Waals surface area contributed by atoms with Crippen LogP contribution in [0.2, 0.25) is 0 Å². The lowest BCUT2D eigenvalue weighted by molar-refractivity contribution is 0.0133. The molecule has 2 rings (SSSR count). The van der Waals surface area contributed by atoms with Crippen molar-refractivity contribution in [3.63, 3.8) is 0 Å². The molecule has 0 aliphatic heterocycles. The van der Waals surface area contributed by atoms with E-state index in [2.05, 4.69) is 10.2 Å². The Morgan fingerprint density at radius 2 is 1.82 bits per heavy atom. The minimum absolute atomic E-state index is 0.0883. The predicted molar refractivity (Wildman–Crippen MR) is 62.7 cm³/mol. The minimum Gasteiger partial charge on any atom is -0.382 e. The number of nitrogens with two attached hydrogens (primary N) is 1. The summed E-state index contributed by atoms with van der Waals surface area (Å²) in [6.07, 6.45) is 0. The van der Waals surface area contributed by atoms with E-state index in [0.717, 1.165) is 12.5 Å². The second kappa shape index (κ2) is 3.84. The maximum Gasteiger partial charge on any atom is 0.287 e. The van der Waals surface area contributed by atoms with Gasteiger partial charge in [0.25, 0.3) is 5.92 Å². The van der Waals surface area contributed by atoms with Crippen LogP contribution in [0.5, 0.6) is 0 Å². The predicted octanol–water partition coefficient (Wildman–Crippen LogP) is 3.08. The molecule has 0 saturated carbocycles. The maximum absolute atomic E-state index is 13.4. The van der Waals surface area contributed by atoms with E-state index in [1.165, 1.54) is 0 Å². The average molecular weight is 237 g/mol. The Morgan fingerprint density at radius 3 is 2.35 bits per heavy atom. The first kappa shape index (κ1) is 11.6. The Bertz CT molecular complexity index is 524. The van der Waals surface area contributed by atoms with Crippen LogP contribution in [0.3, 0.4) is 0 Å². The van der Waals surface area contributed by atoms with Gasteiger partial charge in [-0.1, -0.05) is 29.8 Å². The molecule has 0 aliphatic rings. The molecule has 1 aromatic heterocycles. The summed E-state index contributed by atoms with van der Waals surface area (Å²) in [6.45, 7) is 2.75. The number of aromatic amines is 1. The van der Waals surface area contributed by atoms with Crippen LogP contribution >= 0.6 is 0 Å². The Labute approximate surface area is 97.7 Å². The number of benzene rings is 1. The number of alkyl halides is 2. The zero-order valence-electron chi connectivity index (χ0n) is 9.59. The van der Waals surface area contributed by atoms with E-state index >= 15 is 0 Å². The van der Waals surface area contributed by atoms with Crippen molar-refractivity contribution in [3.05, 3.63) is 35.5 Å². The van der Waals surface area contributed by atoms with E-state index in [1.54, 1.807) is 12.1 Å². The van der Waals surface area contributed by atoms with Crippen molar-refractivity contribution in [2.45, 2.75) is 19.8 Å². The van der Waals surface area contributed by atoms with Crippen molar-refractivity contribution in [3.8, 4) is 11.1 Å². The minimum atomic E-state index is -3.00. The van der Waals surface area contributed by atoms with Crippen LogP contribution in [0.1, 0.15) is 18.2 Å². The number of hydrogen-bond acceptors (Lipinski definition) is 2. The number of aromatic nitrogens is 2. The van der Waals surface area contributed by atoms with E-state index in [4.69, 9.17) is 5.73 Å². The SMILES string of the molecule is Cc1ccc(-c2c(N)n[nH]c2C(C)(F)F)cc1. The highest BCUT2D eigenvalue weighted by Crippen LogP contribution is 2.37. The molecule has 3 nitrogen and oxygen atoms in total. The monoisotopic (exact) mass is 237 g/mol. The normalized spacial score (nSPS) is 11.8. The molecule has 2 aromatic rings. The lowest BCUT2D eigenvalue weighted by Gasteiger charge is -2.11. The van der Waals surface area contributed by atoms with Gasteiger partial charge in [0.1, 0.15) is 5.69 Å². The van der Waals surface area contributed by atoms with E-state index in [1.807, 2.05) is 19.1 Å². The lowest BCUT2D eigenvalue weighted by atomic mass is 10.0. The Kier molecular flexibility index (Phi) is 2.61. The van der Waals surface area contributed by atoms with Gasteiger partial charge in [-0.25, -0.2) is 0 Å². The van der Waals surface area contributed by atoms with Crippen LogP contribution in [-0.4, -0.2) is 10.2 Å². The fraction of sp³-hybridized carbons (Fsp3) is 0.250. The molecule has 5 heteroatoms. The van der Waals surface area contributed by atoms with E-state index < -0.39 is 5.92 Å². The Morgan fingerprint density at radius 1 is 1.24 bits per heavy atom. The molecule has 0 radical (unpaired) electrons. The van der Waals surface area contributed by atoms with Crippen LogP contribution < -0.4 is 5.73 Å². The molecular weight excluding hydrogens is 224 g/mol. The number of aryl methyl sites for hydroxylation is 1.